The lowest BCUT2D eigenvalue weighted by Gasteiger charge is -2.10. The third-order valence-corrected chi connectivity index (χ3v) is 2.87. The van der Waals surface area contributed by atoms with Crippen LogP contribution in [0.1, 0.15) is 0 Å². The smallest absolute Gasteiger partial charge is 0.0625 e. The second-order valence-corrected chi connectivity index (χ2v) is 3.92. The predicted molar refractivity (Wildman–Crippen MR) is 53.9 cm³/mol. The van der Waals surface area contributed by atoms with E-state index >= 15 is 0 Å². The van der Waals surface area contributed by atoms with Crippen molar-refractivity contribution in [2.75, 3.05) is 19.4 Å². The van der Waals surface area contributed by atoms with Crippen molar-refractivity contribution in [1.29, 1.82) is 0 Å². The summed E-state index contributed by atoms with van der Waals surface area (Å²) < 4.78 is 1.77. The van der Waals surface area contributed by atoms with Crippen LogP contribution in [0.25, 0.3) is 0 Å². The molecule has 13 heavy (non-hydrogen) atoms. The van der Waals surface area contributed by atoms with Crippen LogP contribution in [0.4, 0.5) is 0 Å². The van der Waals surface area contributed by atoms with Gasteiger partial charge in [0.05, 0.1) is 12.8 Å². The molecular formula is C8H15N3OS. The van der Waals surface area contributed by atoms with Crippen LogP contribution < -0.4 is 5.32 Å². The highest BCUT2D eigenvalue weighted by Crippen LogP contribution is 2.16. The zero-order valence-corrected chi connectivity index (χ0v) is 8.71. The molecule has 74 valence electrons. The minimum absolute atomic E-state index is 0.158. The van der Waals surface area contributed by atoms with E-state index < -0.39 is 0 Å². The van der Waals surface area contributed by atoms with Crippen LogP contribution in [0.15, 0.2) is 17.3 Å². The molecular weight excluding hydrogens is 186 g/mol. The zero-order valence-electron chi connectivity index (χ0n) is 7.90. The predicted octanol–water partition coefficient (Wildman–Crippen LogP) is 0.0925. The molecule has 5 heteroatoms. The van der Waals surface area contributed by atoms with Crippen molar-refractivity contribution in [2.45, 2.75) is 10.9 Å². The Balaban J connectivity index is 2.33. The molecule has 1 rings (SSSR count). The van der Waals surface area contributed by atoms with E-state index in [9.17, 15) is 0 Å². The summed E-state index contributed by atoms with van der Waals surface area (Å²) in [6.07, 6.45) is 3.80. The molecule has 0 aliphatic carbocycles. The molecule has 1 atom stereocenters. The highest BCUT2D eigenvalue weighted by molar-refractivity contribution is 7.99. The Bertz CT molecular complexity index is 247. The van der Waals surface area contributed by atoms with Crippen molar-refractivity contribution >= 4 is 11.8 Å². The van der Waals surface area contributed by atoms with Crippen LogP contribution in [-0.4, -0.2) is 40.3 Å². The van der Waals surface area contributed by atoms with Gasteiger partial charge in [-0.25, -0.2) is 0 Å². The van der Waals surface area contributed by atoms with Gasteiger partial charge in [0.15, 0.2) is 0 Å². The molecule has 0 saturated carbocycles. The zero-order chi connectivity index (χ0) is 9.68. The molecule has 1 heterocycles. The molecule has 4 nitrogen and oxygen atoms in total. The summed E-state index contributed by atoms with van der Waals surface area (Å²) in [6, 6.07) is 0.158. The van der Waals surface area contributed by atoms with Gasteiger partial charge in [0.2, 0.25) is 0 Å². The fraction of sp³-hybridized carbons (Fsp3) is 0.625. The number of aliphatic hydroxyl groups is 1. The lowest BCUT2D eigenvalue weighted by Crippen LogP contribution is -2.31. The van der Waals surface area contributed by atoms with Gasteiger partial charge in [0.1, 0.15) is 0 Å². The number of likely N-dealkylation sites (N-methyl/N-ethyl adjacent to an activating group) is 1. The topological polar surface area (TPSA) is 50.1 Å². The molecule has 1 aromatic rings. The van der Waals surface area contributed by atoms with Gasteiger partial charge >= 0.3 is 0 Å². The van der Waals surface area contributed by atoms with E-state index in [2.05, 4.69) is 10.4 Å². The molecule has 0 bridgehead atoms. The maximum Gasteiger partial charge on any atom is 0.0625 e. The van der Waals surface area contributed by atoms with E-state index in [4.69, 9.17) is 5.11 Å². The summed E-state index contributed by atoms with van der Waals surface area (Å²) >= 11 is 1.69. The van der Waals surface area contributed by atoms with Crippen molar-refractivity contribution in [3.63, 3.8) is 0 Å². The Morgan fingerprint density at radius 2 is 2.54 bits per heavy atom. The van der Waals surface area contributed by atoms with Gasteiger partial charge in [0, 0.05) is 29.9 Å². The fourth-order valence-corrected chi connectivity index (χ4v) is 1.91. The van der Waals surface area contributed by atoms with E-state index in [0.717, 1.165) is 10.6 Å². The van der Waals surface area contributed by atoms with Gasteiger partial charge in [-0.2, -0.15) is 5.10 Å². The molecule has 1 aromatic heterocycles. The number of hydrogen-bond donors (Lipinski definition) is 2. The lowest BCUT2D eigenvalue weighted by atomic mass is 10.4. The highest BCUT2D eigenvalue weighted by Gasteiger charge is 2.05. The van der Waals surface area contributed by atoms with Crippen LogP contribution in [0.5, 0.6) is 0 Å². The number of thioether (sulfide) groups is 1. The standard InChI is InChI=1S/C8H15N3OS/c1-9-7(5-12)6-13-8-3-10-11(2)4-8/h3-4,7,9,12H,5-6H2,1-2H3. The van der Waals surface area contributed by atoms with E-state index in [0.29, 0.717) is 0 Å². The molecule has 0 aliphatic heterocycles. The number of rotatable bonds is 5. The molecule has 1 unspecified atom stereocenters. The Morgan fingerprint density at radius 1 is 1.77 bits per heavy atom. The highest BCUT2D eigenvalue weighted by atomic mass is 32.2. The van der Waals surface area contributed by atoms with Crippen LogP contribution in [0, 0.1) is 0 Å². The third-order valence-electron chi connectivity index (χ3n) is 1.76. The first kappa shape index (κ1) is 10.6. The second-order valence-electron chi connectivity index (χ2n) is 2.83. The van der Waals surface area contributed by atoms with Gasteiger partial charge < -0.3 is 10.4 Å². The Labute approximate surface area is 82.3 Å². The molecule has 0 spiro atoms. The van der Waals surface area contributed by atoms with Crippen molar-refractivity contribution in [3.8, 4) is 0 Å². The fourth-order valence-electron chi connectivity index (χ4n) is 0.897. The number of aryl methyl sites for hydroxylation is 1. The van der Waals surface area contributed by atoms with Crippen LogP contribution in [0.3, 0.4) is 0 Å². The quantitative estimate of drug-likeness (QED) is 0.663. The van der Waals surface area contributed by atoms with E-state index in [1.54, 1.807) is 16.4 Å². The lowest BCUT2D eigenvalue weighted by molar-refractivity contribution is 0.260. The second kappa shape index (κ2) is 5.26. The van der Waals surface area contributed by atoms with Gasteiger partial charge in [-0.3, -0.25) is 4.68 Å². The molecule has 0 fully saturated rings. The average Bonchev–Trinajstić information content (AvgIpc) is 2.53. The minimum atomic E-state index is 0.158. The first-order valence-corrected chi connectivity index (χ1v) is 5.14. The molecule has 0 aliphatic rings. The Morgan fingerprint density at radius 3 is 3.00 bits per heavy atom. The first-order chi connectivity index (χ1) is 6.26. The van der Waals surface area contributed by atoms with Crippen molar-refractivity contribution in [2.24, 2.45) is 7.05 Å². The number of nitrogens with zero attached hydrogens (tertiary/aromatic N) is 2. The number of nitrogens with one attached hydrogen (secondary N) is 1. The number of aliphatic hydroxyl groups excluding tert-OH is 1. The molecule has 0 saturated heterocycles. The van der Waals surface area contributed by atoms with Crippen molar-refractivity contribution in [1.82, 2.24) is 15.1 Å². The maximum atomic E-state index is 8.91. The summed E-state index contributed by atoms with van der Waals surface area (Å²) in [5.74, 6) is 0.860. The number of hydrogen-bond acceptors (Lipinski definition) is 4. The third kappa shape index (κ3) is 3.38. The number of aromatic nitrogens is 2. The summed E-state index contributed by atoms with van der Waals surface area (Å²) in [5.41, 5.74) is 0. The molecule has 0 amide bonds. The minimum Gasteiger partial charge on any atom is -0.395 e. The summed E-state index contributed by atoms with van der Waals surface area (Å²) in [4.78, 5) is 1.14. The Kier molecular flexibility index (Phi) is 4.27. The molecule has 0 radical (unpaired) electrons. The Hall–Kier alpha value is -0.520. The van der Waals surface area contributed by atoms with Crippen LogP contribution >= 0.6 is 11.8 Å². The largest absolute Gasteiger partial charge is 0.395 e. The molecule has 0 aromatic carbocycles. The SMILES string of the molecule is CNC(CO)CSc1cnn(C)c1. The maximum absolute atomic E-state index is 8.91. The van der Waals surface area contributed by atoms with E-state index in [-0.39, 0.29) is 12.6 Å². The van der Waals surface area contributed by atoms with Crippen LogP contribution in [-0.2, 0) is 7.05 Å². The van der Waals surface area contributed by atoms with Gasteiger partial charge in [-0.1, -0.05) is 0 Å². The monoisotopic (exact) mass is 201 g/mol. The molecule has 2 N–H and O–H groups in total. The van der Waals surface area contributed by atoms with Crippen LogP contribution in [0.2, 0.25) is 0 Å². The van der Waals surface area contributed by atoms with Crippen molar-refractivity contribution < 1.29 is 5.11 Å². The summed E-state index contributed by atoms with van der Waals surface area (Å²) in [5, 5.41) is 16.0. The van der Waals surface area contributed by atoms with E-state index in [1.807, 2.05) is 26.5 Å². The summed E-state index contributed by atoms with van der Waals surface area (Å²) in [7, 11) is 3.75. The van der Waals surface area contributed by atoms with Crippen molar-refractivity contribution in [3.05, 3.63) is 12.4 Å². The summed E-state index contributed by atoms with van der Waals surface area (Å²) in [6.45, 7) is 0.170. The first-order valence-electron chi connectivity index (χ1n) is 4.16. The van der Waals surface area contributed by atoms with E-state index in [1.165, 1.54) is 0 Å². The van der Waals surface area contributed by atoms with Gasteiger partial charge in [0.25, 0.3) is 0 Å². The van der Waals surface area contributed by atoms with Gasteiger partial charge in [-0.15, -0.1) is 11.8 Å². The normalized spacial score (nSPS) is 13.2. The van der Waals surface area contributed by atoms with Gasteiger partial charge in [-0.05, 0) is 7.05 Å². The average molecular weight is 201 g/mol.